The third-order valence-corrected chi connectivity index (χ3v) is 4.36. The van der Waals surface area contributed by atoms with Crippen molar-refractivity contribution in [2.45, 2.75) is 43.5 Å². The highest BCUT2D eigenvalue weighted by atomic mass is 35.6. The first-order valence-corrected chi connectivity index (χ1v) is 8.20. The van der Waals surface area contributed by atoms with Gasteiger partial charge in [-0.3, -0.25) is 9.09 Å². The Labute approximate surface area is 112 Å². The molecule has 0 spiro atoms. The number of hydrogen-bond donors (Lipinski definition) is 0. The van der Waals surface area contributed by atoms with Crippen LogP contribution in [0.15, 0.2) is 0 Å². The van der Waals surface area contributed by atoms with Gasteiger partial charge in [-0.15, -0.1) is 0 Å². The Balaban J connectivity index is 4.30. The van der Waals surface area contributed by atoms with Crippen LogP contribution < -0.4 is 0 Å². The van der Waals surface area contributed by atoms with Crippen molar-refractivity contribution in [3.05, 3.63) is 0 Å². The zero-order valence-corrected chi connectivity index (χ0v) is 12.7. The van der Waals surface area contributed by atoms with Crippen molar-refractivity contribution in [2.75, 3.05) is 12.8 Å². The third kappa shape index (κ3) is 9.09. The highest BCUT2D eigenvalue weighted by Crippen LogP contribution is 2.55. The van der Waals surface area contributed by atoms with Crippen molar-refractivity contribution in [3.63, 3.8) is 0 Å². The van der Waals surface area contributed by atoms with Crippen LogP contribution in [-0.2, 0) is 13.6 Å². The van der Waals surface area contributed by atoms with Crippen LogP contribution in [0.5, 0.6) is 0 Å². The Bertz CT molecular complexity index is 231. The molecule has 0 radical (unpaired) electrons. The summed E-state index contributed by atoms with van der Waals surface area (Å²) >= 11 is 16.4. The Kier molecular flexibility index (Phi) is 8.70. The Morgan fingerprint density at radius 1 is 1.12 bits per heavy atom. The van der Waals surface area contributed by atoms with Crippen molar-refractivity contribution in [1.29, 1.82) is 0 Å². The van der Waals surface area contributed by atoms with Gasteiger partial charge in [0, 0.05) is 0 Å². The maximum absolute atomic E-state index is 12.2. The maximum atomic E-state index is 12.2. The van der Waals surface area contributed by atoms with E-state index in [4.69, 9.17) is 43.9 Å². The van der Waals surface area contributed by atoms with E-state index in [1.807, 2.05) is 13.8 Å². The molecule has 7 heteroatoms. The molecule has 0 saturated carbocycles. The van der Waals surface area contributed by atoms with Crippen molar-refractivity contribution >= 4 is 42.4 Å². The average molecular weight is 312 g/mol. The second-order valence-corrected chi connectivity index (χ2v) is 7.70. The molecule has 98 valence electrons. The summed E-state index contributed by atoms with van der Waals surface area (Å²) in [6, 6.07) is 0. The molecular weight excluding hydrogens is 293 g/mol. The van der Waals surface area contributed by atoms with E-state index in [9.17, 15) is 4.57 Å². The summed E-state index contributed by atoms with van der Waals surface area (Å²) < 4.78 is 20.3. The first-order valence-electron chi connectivity index (χ1n) is 5.34. The van der Waals surface area contributed by atoms with Crippen molar-refractivity contribution < 1.29 is 13.6 Å². The number of halogens is 3. The zero-order valence-electron chi connectivity index (χ0n) is 9.55. The van der Waals surface area contributed by atoms with Gasteiger partial charge in [-0.2, -0.15) is 0 Å². The lowest BCUT2D eigenvalue weighted by atomic mass is 10.4. The highest BCUT2D eigenvalue weighted by molar-refractivity contribution is 7.54. The predicted octanol–water partition coefficient (Wildman–Crippen LogP) is 5.14. The molecule has 0 aliphatic heterocycles. The molecule has 16 heavy (non-hydrogen) atoms. The molecule has 0 rings (SSSR count). The number of alkyl halides is 3. The lowest BCUT2D eigenvalue weighted by Crippen LogP contribution is -2.11. The number of rotatable bonds is 8. The Hall–Kier alpha value is 1.02. The summed E-state index contributed by atoms with van der Waals surface area (Å²) in [6.45, 7) is 4.35. The normalized spacial score (nSPS) is 16.1. The van der Waals surface area contributed by atoms with Crippen LogP contribution in [0.4, 0.5) is 0 Å². The molecule has 0 N–H and O–H groups in total. The molecule has 1 unspecified atom stereocenters. The zero-order chi connectivity index (χ0) is 12.7. The van der Waals surface area contributed by atoms with Crippen LogP contribution in [0.3, 0.4) is 0 Å². The smallest absolute Gasteiger partial charge is 0.308 e. The van der Waals surface area contributed by atoms with Gasteiger partial charge in [0.2, 0.25) is 0 Å². The van der Waals surface area contributed by atoms with Gasteiger partial charge in [0.15, 0.2) is 0 Å². The monoisotopic (exact) mass is 310 g/mol. The first-order chi connectivity index (χ1) is 7.33. The summed E-state index contributed by atoms with van der Waals surface area (Å²) in [6.07, 6.45) is 3.62. The van der Waals surface area contributed by atoms with Gasteiger partial charge in [0.25, 0.3) is 0 Å². The molecule has 0 aliphatic carbocycles. The molecule has 0 aliphatic rings. The van der Waals surface area contributed by atoms with E-state index in [-0.39, 0.29) is 6.16 Å². The lowest BCUT2D eigenvalue weighted by molar-refractivity contribution is 0.200. The van der Waals surface area contributed by atoms with Gasteiger partial charge in [0.05, 0.1) is 12.8 Å². The van der Waals surface area contributed by atoms with Crippen LogP contribution in [0, 0.1) is 0 Å². The second-order valence-electron chi connectivity index (χ2n) is 3.41. The van der Waals surface area contributed by atoms with E-state index in [1.165, 1.54) is 0 Å². The molecule has 0 bridgehead atoms. The predicted molar refractivity (Wildman–Crippen MR) is 69.6 cm³/mol. The van der Waals surface area contributed by atoms with E-state index in [2.05, 4.69) is 0 Å². The SMILES string of the molecule is CCCCOP(=O)(CCCC)OC(Cl)(Cl)Cl. The molecule has 0 heterocycles. The first kappa shape index (κ1) is 17.0. The third-order valence-electron chi connectivity index (χ3n) is 1.81. The minimum absolute atomic E-state index is 0.279. The Morgan fingerprint density at radius 3 is 2.12 bits per heavy atom. The summed E-state index contributed by atoms with van der Waals surface area (Å²) in [5.41, 5.74) is 0. The van der Waals surface area contributed by atoms with Crippen LogP contribution in [0.25, 0.3) is 0 Å². The molecule has 0 aromatic carbocycles. The van der Waals surface area contributed by atoms with Crippen LogP contribution in [0.2, 0.25) is 0 Å². The van der Waals surface area contributed by atoms with Crippen molar-refractivity contribution in [1.82, 2.24) is 0 Å². The second kappa shape index (κ2) is 8.18. The fraction of sp³-hybridized carbons (Fsp3) is 1.00. The van der Waals surface area contributed by atoms with Gasteiger partial charge in [-0.1, -0.05) is 61.5 Å². The number of hydrogen-bond acceptors (Lipinski definition) is 3. The van der Waals surface area contributed by atoms with E-state index < -0.39 is 11.6 Å². The van der Waals surface area contributed by atoms with Crippen LogP contribution in [-0.4, -0.2) is 16.7 Å². The minimum atomic E-state index is -3.28. The van der Waals surface area contributed by atoms with Crippen molar-refractivity contribution in [3.8, 4) is 0 Å². The maximum Gasteiger partial charge on any atom is 0.334 e. The summed E-state index contributed by atoms with van der Waals surface area (Å²) in [7, 11) is -3.28. The summed E-state index contributed by atoms with van der Waals surface area (Å²) in [4.78, 5) is 0. The van der Waals surface area contributed by atoms with E-state index in [0.717, 1.165) is 19.3 Å². The van der Waals surface area contributed by atoms with Gasteiger partial charge in [0.1, 0.15) is 0 Å². The van der Waals surface area contributed by atoms with E-state index >= 15 is 0 Å². The fourth-order valence-corrected chi connectivity index (χ4v) is 3.64. The quantitative estimate of drug-likeness (QED) is 0.354. The molecule has 3 nitrogen and oxygen atoms in total. The van der Waals surface area contributed by atoms with Gasteiger partial charge < -0.3 is 4.52 Å². The van der Waals surface area contributed by atoms with E-state index in [1.54, 1.807) is 0 Å². The molecule has 1 atom stereocenters. The minimum Gasteiger partial charge on any atom is -0.308 e. The molecular formula is C9H18Cl3O3P. The molecule has 0 saturated heterocycles. The fourth-order valence-electron chi connectivity index (χ4n) is 0.994. The molecule has 0 aromatic heterocycles. The largest absolute Gasteiger partial charge is 0.334 e. The van der Waals surface area contributed by atoms with Gasteiger partial charge in [-0.05, 0) is 12.8 Å². The lowest BCUT2D eigenvalue weighted by Gasteiger charge is -2.22. The number of unbranched alkanes of at least 4 members (excludes halogenated alkanes) is 2. The van der Waals surface area contributed by atoms with Gasteiger partial charge in [-0.25, -0.2) is 0 Å². The van der Waals surface area contributed by atoms with E-state index in [0.29, 0.717) is 13.0 Å². The average Bonchev–Trinajstić information content (AvgIpc) is 2.12. The summed E-state index contributed by atoms with van der Waals surface area (Å²) in [5, 5.41) is 0. The van der Waals surface area contributed by atoms with Crippen molar-refractivity contribution in [2.24, 2.45) is 0 Å². The van der Waals surface area contributed by atoms with Crippen LogP contribution >= 0.6 is 42.4 Å². The Morgan fingerprint density at radius 2 is 1.69 bits per heavy atom. The summed E-state index contributed by atoms with van der Waals surface area (Å²) in [5.74, 6) is 0. The van der Waals surface area contributed by atoms with Gasteiger partial charge >= 0.3 is 11.6 Å². The van der Waals surface area contributed by atoms with Crippen LogP contribution in [0.1, 0.15) is 39.5 Å². The molecule has 0 amide bonds. The molecule has 0 aromatic rings. The molecule has 0 fully saturated rings. The topological polar surface area (TPSA) is 35.5 Å². The highest BCUT2D eigenvalue weighted by Gasteiger charge is 2.35. The standard InChI is InChI=1S/C9H18Cl3O3P/c1-3-5-7-14-16(13,8-6-4-2)15-9(10,11)12/h3-8H2,1-2H3.